The number of fused-ring (bicyclic) bond motifs is 3. The third-order valence-electron chi connectivity index (χ3n) is 6.97. The fraction of sp³-hybridized carbons (Fsp3) is 0.379. The molecule has 4 aromatic rings. The lowest BCUT2D eigenvalue weighted by atomic mass is 10.1. The number of hydrogen-bond donors (Lipinski definition) is 0. The highest BCUT2D eigenvalue weighted by atomic mass is 31.2. The topological polar surface area (TPSA) is 20.5 Å². The molecule has 0 bridgehead atoms. The number of rotatable bonds is 6. The van der Waals surface area contributed by atoms with Crippen LogP contribution in [0.4, 0.5) is 18.9 Å². The standard InChI is InChI=1S/C29H35F3N3P/c1-7-34(8-2)36(28(4,5)6,33-25-16-12-11-15-24(25)29(30,31)32)21-18-19-27-23(20-21)22-14-10-13-17-26(22)35(27)9-3/h10-20H,7-9H2,1-6H3/t36-/m0/s1. The number of nitrogens with zero attached hydrogens (tertiary/aromatic N) is 3. The van der Waals surface area contributed by atoms with Crippen molar-refractivity contribution in [3.05, 3.63) is 72.3 Å². The molecule has 4 rings (SSSR count). The van der Waals surface area contributed by atoms with E-state index in [1.165, 1.54) is 12.1 Å². The Morgan fingerprint density at radius 1 is 0.806 bits per heavy atom. The van der Waals surface area contributed by atoms with Crippen LogP contribution in [0.5, 0.6) is 0 Å². The summed E-state index contributed by atoms with van der Waals surface area (Å²) in [7, 11) is -2.69. The molecule has 7 heteroatoms. The maximum atomic E-state index is 14.0. The van der Waals surface area contributed by atoms with E-state index in [1.807, 2.05) is 12.1 Å². The molecular weight excluding hydrogens is 478 g/mol. The number of aryl methyl sites for hydroxylation is 1. The predicted octanol–water partition coefficient (Wildman–Crippen LogP) is 9.05. The van der Waals surface area contributed by atoms with Crippen LogP contribution in [-0.2, 0) is 12.7 Å². The molecule has 1 atom stereocenters. The van der Waals surface area contributed by atoms with Crippen molar-refractivity contribution in [3.8, 4) is 0 Å². The Morgan fingerprint density at radius 3 is 2.03 bits per heavy atom. The van der Waals surface area contributed by atoms with E-state index in [-0.39, 0.29) is 5.69 Å². The molecule has 0 radical (unpaired) electrons. The van der Waals surface area contributed by atoms with Crippen molar-refractivity contribution in [1.29, 1.82) is 0 Å². The van der Waals surface area contributed by atoms with Gasteiger partial charge in [0, 0.05) is 51.9 Å². The van der Waals surface area contributed by atoms with Crippen molar-refractivity contribution >= 4 is 40.0 Å². The van der Waals surface area contributed by atoms with E-state index in [4.69, 9.17) is 4.74 Å². The Balaban J connectivity index is 2.16. The summed E-state index contributed by atoms with van der Waals surface area (Å²) in [5.41, 5.74) is 1.62. The fourth-order valence-corrected chi connectivity index (χ4v) is 9.80. The fourth-order valence-electron chi connectivity index (χ4n) is 5.41. The second-order valence-corrected chi connectivity index (χ2v) is 13.8. The van der Waals surface area contributed by atoms with Crippen LogP contribution in [0.3, 0.4) is 0 Å². The lowest BCUT2D eigenvalue weighted by molar-refractivity contribution is -0.137. The van der Waals surface area contributed by atoms with Gasteiger partial charge in [-0.05, 0) is 43.3 Å². The van der Waals surface area contributed by atoms with Crippen LogP contribution >= 0.6 is 7.21 Å². The van der Waals surface area contributed by atoms with Crippen LogP contribution < -0.4 is 5.30 Å². The highest BCUT2D eigenvalue weighted by molar-refractivity contribution is 7.73. The van der Waals surface area contributed by atoms with Gasteiger partial charge in [-0.2, -0.15) is 13.2 Å². The van der Waals surface area contributed by atoms with Crippen molar-refractivity contribution in [1.82, 2.24) is 9.24 Å². The minimum atomic E-state index is -4.48. The molecule has 0 aliphatic carbocycles. The zero-order valence-corrected chi connectivity index (χ0v) is 22.8. The van der Waals surface area contributed by atoms with E-state index in [0.29, 0.717) is 13.1 Å². The molecule has 0 amide bonds. The molecule has 1 heterocycles. The normalized spacial score (nSPS) is 14.5. The molecule has 0 unspecified atom stereocenters. The zero-order valence-electron chi connectivity index (χ0n) is 21.9. The molecule has 36 heavy (non-hydrogen) atoms. The molecule has 0 aliphatic rings. The van der Waals surface area contributed by atoms with Gasteiger partial charge in [0.15, 0.2) is 0 Å². The van der Waals surface area contributed by atoms with E-state index in [0.717, 1.165) is 39.7 Å². The van der Waals surface area contributed by atoms with Gasteiger partial charge in [-0.1, -0.05) is 65.0 Å². The molecule has 0 spiro atoms. The van der Waals surface area contributed by atoms with Crippen LogP contribution in [0.25, 0.3) is 21.8 Å². The molecule has 0 N–H and O–H groups in total. The van der Waals surface area contributed by atoms with Gasteiger partial charge in [-0.3, -0.25) is 4.67 Å². The average molecular weight is 514 g/mol. The number of hydrogen-bond acceptors (Lipinski definition) is 1. The van der Waals surface area contributed by atoms with E-state index in [2.05, 4.69) is 81.1 Å². The zero-order chi connectivity index (χ0) is 26.3. The number of para-hydroxylation sites is 1. The van der Waals surface area contributed by atoms with Gasteiger partial charge in [-0.15, -0.1) is 0 Å². The van der Waals surface area contributed by atoms with E-state index in [9.17, 15) is 13.2 Å². The first-order chi connectivity index (χ1) is 17.0. The van der Waals surface area contributed by atoms with Crippen molar-refractivity contribution < 1.29 is 13.2 Å². The van der Waals surface area contributed by atoms with E-state index < -0.39 is 24.1 Å². The summed E-state index contributed by atoms with van der Waals surface area (Å²) in [4.78, 5) is 0. The maximum absolute atomic E-state index is 14.0. The summed E-state index contributed by atoms with van der Waals surface area (Å²) in [6, 6.07) is 20.5. The van der Waals surface area contributed by atoms with Gasteiger partial charge in [-0.25, -0.2) is 4.74 Å². The minimum absolute atomic E-state index is 0.0104. The molecule has 3 aromatic carbocycles. The third kappa shape index (κ3) is 4.29. The summed E-state index contributed by atoms with van der Waals surface area (Å²) in [6.45, 7) is 14.8. The molecule has 0 saturated heterocycles. The third-order valence-corrected chi connectivity index (χ3v) is 11.7. The lowest BCUT2D eigenvalue weighted by Crippen LogP contribution is -2.36. The second kappa shape index (κ2) is 9.72. The first kappa shape index (κ1) is 26.5. The largest absolute Gasteiger partial charge is 0.418 e. The Labute approximate surface area is 212 Å². The van der Waals surface area contributed by atoms with Crippen LogP contribution in [-0.4, -0.2) is 27.5 Å². The molecule has 0 fully saturated rings. The number of benzene rings is 3. The Hall–Kier alpha value is -2.56. The highest BCUT2D eigenvalue weighted by Crippen LogP contribution is 2.64. The van der Waals surface area contributed by atoms with Crippen LogP contribution in [0, 0.1) is 0 Å². The first-order valence-corrected chi connectivity index (χ1v) is 14.2. The molecule has 3 nitrogen and oxygen atoms in total. The SMILES string of the molecule is CCN(CC)[P@@](=Nc1ccccc1C(F)(F)F)(c1ccc2c(c1)c1ccccc1n2CC)C(C)(C)C. The highest BCUT2D eigenvalue weighted by Gasteiger charge is 2.42. The van der Waals surface area contributed by atoms with Gasteiger partial charge < -0.3 is 4.57 Å². The average Bonchev–Trinajstić information content (AvgIpc) is 3.16. The van der Waals surface area contributed by atoms with Crippen LogP contribution in [0.15, 0.2) is 71.5 Å². The first-order valence-electron chi connectivity index (χ1n) is 12.5. The lowest BCUT2D eigenvalue weighted by Gasteiger charge is -2.45. The summed E-state index contributed by atoms with van der Waals surface area (Å²) in [5.74, 6) is 0. The summed E-state index contributed by atoms with van der Waals surface area (Å²) in [6.07, 6.45) is -4.48. The van der Waals surface area contributed by atoms with Crippen molar-refractivity contribution in [2.45, 2.75) is 59.4 Å². The molecule has 0 aliphatic heterocycles. The van der Waals surface area contributed by atoms with Gasteiger partial charge in [0.05, 0.1) is 18.5 Å². The second-order valence-electron chi connectivity index (χ2n) is 9.99. The van der Waals surface area contributed by atoms with Crippen molar-refractivity contribution in [3.63, 3.8) is 0 Å². The Bertz CT molecular complexity index is 1440. The van der Waals surface area contributed by atoms with Crippen LogP contribution in [0.2, 0.25) is 0 Å². The maximum Gasteiger partial charge on any atom is 0.418 e. The van der Waals surface area contributed by atoms with E-state index >= 15 is 0 Å². The predicted molar refractivity (Wildman–Crippen MR) is 148 cm³/mol. The molecule has 192 valence electrons. The number of alkyl halides is 3. The van der Waals surface area contributed by atoms with Crippen molar-refractivity contribution in [2.24, 2.45) is 4.74 Å². The summed E-state index contributed by atoms with van der Waals surface area (Å²) < 4.78 is 51.9. The monoisotopic (exact) mass is 513 g/mol. The number of aromatic nitrogens is 1. The minimum Gasteiger partial charge on any atom is -0.341 e. The van der Waals surface area contributed by atoms with Gasteiger partial charge in [0.1, 0.15) is 0 Å². The Kier molecular flexibility index (Phi) is 7.15. The number of halogens is 3. The quantitative estimate of drug-likeness (QED) is 0.236. The smallest absolute Gasteiger partial charge is 0.341 e. The molecule has 1 aromatic heterocycles. The van der Waals surface area contributed by atoms with Crippen molar-refractivity contribution in [2.75, 3.05) is 13.1 Å². The van der Waals surface area contributed by atoms with Crippen LogP contribution in [0.1, 0.15) is 47.1 Å². The van der Waals surface area contributed by atoms with E-state index in [1.54, 1.807) is 6.07 Å². The van der Waals surface area contributed by atoms with Gasteiger partial charge in [0.2, 0.25) is 0 Å². The summed E-state index contributed by atoms with van der Waals surface area (Å²) in [5, 5.41) is 2.86. The molecular formula is C29H35F3N3P. The Morgan fingerprint density at radius 2 is 1.42 bits per heavy atom. The summed E-state index contributed by atoms with van der Waals surface area (Å²) >= 11 is 0. The molecule has 0 saturated carbocycles. The van der Waals surface area contributed by atoms with Gasteiger partial charge >= 0.3 is 6.18 Å². The van der Waals surface area contributed by atoms with Gasteiger partial charge in [0.25, 0.3) is 0 Å².